The number of hydrogen-bond donors (Lipinski definition) is 2. The summed E-state index contributed by atoms with van der Waals surface area (Å²) in [5.41, 5.74) is 0. The number of halogens is 1. The fourth-order valence-electron chi connectivity index (χ4n) is 1.28. The highest BCUT2D eigenvalue weighted by molar-refractivity contribution is 9.11. The van der Waals surface area contributed by atoms with Gasteiger partial charge in [0.15, 0.2) is 5.17 Å². The van der Waals surface area contributed by atoms with Crippen molar-refractivity contribution < 1.29 is 14.7 Å². The maximum Gasteiger partial charge on any atom is 0.305 e. The van der Waals surface area contributed by atoms with Crippen molar-refractivity contribution in [2.24, 2.45) is 10.2 Å². The summed E-state index contributed by atoms with van der Waals surface area (Å²) in [6.07, 6.45) is 1.34. The SMILES string of the molecule is O=C(O)C[C@H]1S/C(=N\N=C/c2ccc(Br)s2)NC1=O. The van der Waals surface area contributed by atoms with Crippen LogP contribution in [0.5, 0.6) is 0 Å². The number of rotatable bonds is 4. The first kappa shape index (κ1) is 14.2. The lowest BCUT2D eigenvalue weighted by Gasteiger charge is -1.97. The highest BCUT2D eigenvalue weighted by Gasteiger charge is 2.32. The van der Waals surface area contributed by atoms with Crippen molar-refractivity contribution in [1.29, 1.82) is 0 Å². The van der Waals surface area contributed by atoms with Crippen molar-refractivity contribution in [3.8, 4) is 0 Å². The zero-order valence-corrected chi connectivity index (χ0v) is 12.6. The highest BCUT2D eigenvalue weighted by Crippen LogP contribution is 2.23. The van der Waals surface area contributed by atoms with E-state index >= 15 is 0 Å². The number of aliphatic carboxylic acids is 1. The molecule has 1 fully saturated rings. The van der Waals surface area contributed by atoms with Gasteiger partial charge in [0.2, 0.25) is 5.91 Å². The third kappa shape index (κ3) is 4.15. The number of carboxylic acids is 1. The lowest BCUT2D eigenvalue weighted by Crippen LogP contribution is -2.26. The van der Waals surface area contributed by atoms with E-state index in [0.29, 0.717) is 5.17 Å². The summed E-state index contributed by atoms with van der Waals surface area (Å²) < 4.78 is 0.992. The van der Waals surface area contributed by atoms with Gasteiger partial charge in [-0.1, -0.05) is 11.8 Å². The van der Waals surface area contributed by atoms with Crippen LogP contribution in [-0.2, 0) is 9.59 Å². The number of carboxylic acid groups (broad SMARTS) is 1. The Morgan fingerprint density at radius 2 is 2.37 bits per heavy atom. The molecule has 2 rings (SSSR count). The first-order chi connectivity index (χ1) is 9.04. The molecule has 0 saturated carbocycles. The molecule has 0 aliphatic carbocycles. The van der Waals surface area contributed by atoms with Crippen LogP contribution in [0.2, 0.25) is 0 Å². The molecule has 100 valence electrons. The maximum absolute atomic E-state index is 11.4. The second-order valence-electron chi connectivity index (χ2n) is 3.49. The molecule has 0 radical (unpaired) electrons. The smallest absolute Gasteiger partial charge is 0.305 e. The predicted molar refractivity (Wildman–Crippen MR) is 78.8 cm³/mol. The fraction of sp³-hybridized carbons (Fsp3) is 0.200. The zero-order chi connectivity index (χ0) is 13.8. The first-order valence-electron chi connectivity index (χ1n) is 5.10. The van der Waals surface area contributed by atoms with Crippen molar-refractivity contribution in [2.75, 3.05) is 0 Å². The van der Waals surface area contributed by atoms with Crippen LogP contribution >= 0.6 is 39.0 Å². The first-order valence-corrected chi connectivity index (χ1v) is 7.59. The number of nitrogens with one attached hydrogen (secondary N) is 1. The van der Waals surface area contributed by atoms with Gasteiger partial charge in [0.1, 0.15) is 5.25 Å². The molecule has 1 atom stereocenters. The third-order valence-corrected chi connectivity index (χ3v) is 4.69. The number of carbonyl (C=O) groups is 2. The second-order valence-corrected chi connectivity index (χ2v) is 7.17. The van der Waals surface area contributed by atoms with Gasteiger partial charge in [-0.25, -0.2) is 0 Å². The lowest BCUT2D eigenvalue weighted by molar-refractivity contribution is -0.138. The largest absolute Gasteiger partial charge is 0.481 e. The van der Waals surface area contributed by atoms with Crippen LogP contribution in [0.4, 0.5) is 0 Å². The average Bonchev–Trinajstić information content (AvgIpc) is 2.86. The molecule has 9 heteroatoms. The summed E-state index contributed by atoms with van der Waals surface area (Å²) in [5.74, 6) is -1.36. The van der Waals surface area contributed by atoms with Gasteiger partial charge in [-0.2, -0.15) is 5.10 Å². The predicted octanol–water partition coefficient (Wildman–Crippen LogP) is 1.91. The van der Waals surface area contributed by atoms with E-state index < -0.39 is 11.2 Å². The quantitative estimate of drug-likeness (QED) is 0.632. The molecule has 0 aromatic carbocycles. The van der Waals surface area contributed by atoms with Gasteiger partial charge in [-0.3, -0.25) is 9.59 Å². The Labute approximate surface area is 125 Å². The summed E-state index contributed by atoms with van der Waals surface area (Å²) in [4.78, 5) is 22.9. The molecular formula is C10H8BrN3O3S2. The number of thiophene rings is 1. The van der Waals surface area contributed by atoms with E-state index in [9.17, 15) is 9.59 Å². The standard InChI is InChI=1S/C10H8BrN3O3S2/c11-7-2-1-5(18-7)4-12-14-10-13-9(17)6(19-10)3-8(15)16/h1-2,4,6H,3H2,(H,15,16)(H,13,14,17)/b12-4-/t6-/m1/s1. The monoisotopic (exact) mass is 361 g/mol. The number of hydrogen-bond acceptors (Lipinski definition) is 6. The topological polar surface area (TPSA) is 91.1 Å². The van der Waals surface area contributed by atoms with Crippen LogP contribution in [0.15, 0.2) is 26.1 Å². The van der Waals surface area contributed by atoms with E-state index in [1.165, 1.54) is 11.3 Å². The summed E-state index contributed by atoms with van der Waals surface area (Å²) in [5, 5.41) is 18.5. The van der Waals surface area contributed by atoms with Gasteiger partial charge in [0.25, 0.3) is 0 Å². The van der Waals surface area contributed by atoms with Crippen molar-refractivity contribution in [2.45, 2.75) is 11.7 Å². The van der Waals surface area contributed by atoms with Crippen LogP contribution in [0, 0.1) is 0 Å². The molecule has 1 saturated heterocycles. The Morgan fingerprint density at radius 1 is 1.58 bits per heavy atom. The van der Waals surface area contributed by atoms with Gasteiger partial charge in [-0.15, -0.1) is 16.4 Å². The molecule has 0 unspecified atom stereocenters. The Kier molecular flexibility index (Phi) is 4.72. The van der Waals surface area contributed by atoms with Crippen molar-refractivity contribution in [3.05, 3.63) is 20.8 Å². The Bertz CT molecular complexity index is 570. The van der Waals surface area contributed by atoms with Crippen LogP contribution in [-0.4, -0.2) is 33.6 Å². The number of carbonyl (C=O) groups excluding carboxylic acids is 1. The molecular weight excluding hydrogens is 354 g/mol. The summed E-state index contributed by atoms with van der Waals surface area (Å²) in [6, 6.07) is 3.78. The molecule has 0 bridgehead atoms. The van der Waals surface area contributed by atoms with Gasteiger partial charge in [0.05, 0.1) is 16.4 Å². The molecule has 6 nitrogen and oxygen atoms in total. The number of amidine groups is 1. The van der Waals surface area contributed by atoms with Gasteiger partial charge in [0, 0.05) is 4.88 Å². The van der Waals surface area contributed by atoms with Gasteiger partial charge in [-0.05, 0) is 28.1 Å². The number of thioether (sulfide) groups is 1. The van der Waals surface area contributed by atoms with E-state index in [0.717, 1.165) is 20.4 Å². The van der Waals surface area contributed by atoms with Gasteiger partial charge >= 0.3 is 5.97 Å². The summed E-state index contributed by atoms with van der Waals surface area (Å²) in [7, 11) is 0. The van der Waals surface area contributed by atoms with E-state index in [4.69, 9.17) is 5.11 Å². The van der Waals surface area contributed by atoms with E-state index in [2.05, 4.69) is 31.4 Å². The van der Waals surface area contributed by atoms with E-state index in [1.807, 2.05) is 12.1 Å². The highest BCUT2D eigenvalue weighted by atomic mass is 79.9. The molecule has 1 aromatic rings. The Hall–Kier alpha value is -1.19. The van der Waals surface area contributed by atoms with Crippen LogP contribution in [0.25, 0.3) is 0 Å². The molecule has 1 aliphatic heterocycles. The minimum Gasteiger partial charge on any atom is -0.481 e. The average molecular weight is 362 g/mol. The number of nitrogens with zero attached hydrogens (tertiary/aromatic N) is 2. The summed E-state index contributed by atoms with van der Waals surface area (Å²) in [6.45, 7) is 0. The molecule has 1 aromatic heterocycles. The normalized spacial score (nSPS) is 21.2. The third-order valence-electron chi connectivity index (χ3n) is 2.06. The second kappa shape index (κ2) is 6.31. The Morgan fingerprint density at radius 3 is 3.00 bits per heavy atom. The molecule has 2 N–H and O–H groups in total. The van der Waals surface area contributed by atoms with E-state index in [-0.39, 0.29) is 12.3 Å². The van der Waals surface area contributed by atoms with E-state index in [1.54, 1.807) is 6.21 Å². The van der Waals surface area contributed by atoms with Crippen molar-refractivity contribution in [1.82, 2.24) is 5.32 Å². The Balaban J connectivity index is 1.96. The molecule has 2 heterocycles. The molecule has 19 heavy (non-hydrogen) atoms. The van der Waals surface area contributed by atoms with Crippen molar-refractivity contribution in [3.63, 3.8) is 0 Å². The zero-order valence-electron chi connectivity index (χ0n) is 9.37. The van der Waals surface area contributed by atoms with Gasteiger partial charge < -0.3 is 10.4 Å². The van der Waals surface area contributed by atoms with Crippen LogP contribution in [0.3, 0.4) is 0 Å². The summed E-state index contributed by atoms with van der Waals surface area (Å²) >= 11 is 5.92. The van der Waals surface area contributed by atoms with Crippen LogP contribution in [0.1, 0.15) is 11.3 Å². The molecule has 1 amide bonds. The van der Waals surface area contributed by atoms with Crippen LogP contribution < -0.4 is 5.32 Å². The maximum atomic E-state index is 11.4. The molecule has 1 aliphatic rings. The minimum absolute atomic E-state index is 0.225. The lowest BCUT2D eigenvalue weighted by atomic mass is 10.3. The number of amides is 1. The molecule has 0 spiro atoms. The minimum atomic E-state index is -1.01. The fourth-order valence-corrected chi connectivity index (χ4v) is 3.49. The van der Waals surface area contributed by atoms with Crippen molar-refractivity contribution >= 4 is 62.3 Å².